The summed E-state index contributed by atoms with van der Waals surface area (Å²) in [5.41, 5.74) is -0.670. The summed E-state index contributed by atoms with van der Waals surface area (Å²) in [6, 6.07) is 2.95. The van der Waals surface area contributed by atoms with E-state index in [1.807, 2.05) is 0 Å². The van der Waals surface area contributed by atoms with Crippen molar-refractivity contribution in [2.45, 2.75) is 31.3 Å². The van der Waals surface area contributed by atoms with Gasteiger partial charge in [-0.1, -0.05) is 12.8 Å². The number of furan rings is 1. The van der Waals surface area contributed by atoms with E-state index in [0.717, 1.165) is 25.7 Å². The Bertz CT molecular complexity index is 379. The van der Waals surface area contributed by atoms with Gasteiger partial charge in [0.05, 0.1) is 5.60 Å². The van der Waals surface area contributed by atoms with E-state index in [1.54, 1.807) is 6.07 Å². The van der Waals surface area contributed by atoms with Gasteiger partial charge in [0.2, 0.25) is 5.76 Å². The van der Waals surface area contributed by atoms with Crippen LogP contribution in [0.4, 0.5) is 5.88 Å². The smallest absolute Gasteiger partial charge is 0.371 e. The monoisotopic (exact) mass is 225 g/mol. The summed E-state index contributed by atoms with van der Waals surface area (Å²) in [4.78, 5) is 10.6. The Labute approximate surface area is 93.1 Å². The van der Waals surface area contributed by atoms with E-state index in [9.17, 15) is 9.90 Å². The van der Waals surface area contributed by atoms with Crippen LogP contribution in [0.25, 0.3) is 0 Å². The maximum absolute atomic E-state index is 10.6. The molecule has 0 bridgehead atoms. The zero-order valence-electron chi connectivity index (χ0n) is 8.90. The zero-order valence-corrected chi connectivity index (χ0v) is 8.90. The van der Waals surface area contributed by atoms with Crippen molar-refractivity contribution in [2.24, 2.45) is 0 Å². The molecule has 1 aliphatic carbocycles. The van der Waals surface area contributed by atoms with Gasteiger partial charge in [0.25, 0.3) is 0 Å². The molecule has 0 aromatic carbocycles. The number of carboxylic acid groups (broad SMARTS) is 1. The minimum Gasteiger partial charge on any atom is -0.475 e. The molecule has 1 aromatic heterocycles. The molecule has 1 aromatic rings. The van der Waals surface area contributed by atoms with E-state index in [1.165, 1.54) is 6.07 Å². The second-order valence-corrected chi connectivity index (χ2v) is 4.25. The lowest BCUT2D eigenvalue weighted by Crippen LogP contribution is -2.33. The summed E-state index contributed by atoms with van der Waals surface area (Å²) >= 11 is 0. The molecule has 88 valence electrons. The van der Waals surface area contributed by atoms with Gasteiger partial charge < -0.3 is 19.9 Å². The molecule has 0 radical (unpaired) electrons. The first-order chi connectivity index (χ1) is 7.59. The van der Waals surface area contributed by atoms with E-state index in [2.05, 4.69) is 5.32 Å². The second-order valence-electron chi connectivity index (χ2n) is 4.25. The van der Waals surface area contributed by atoms with Gasteiger partial charge in [0, 0.05) is 12.6 Å². The molecule has 3 N–H and O–H groups in total. The average Bonchev–Trinajstić information content (AvgIpc) is 2.84. The van der Waals surface area contributed by atoms with E-state index in [-0.39, 0.29) is 5.76 Å². The Morgan fingerprint density at radius 1 is 1.44 bits per heavy atom. The third-order valence-corrected chi connectivity index (χ3v) is 2.94. The fourth-order valence-corrected chi connectivity index (χ4v) is 2.01. The third kappa shape index (κ3) is 2.36. The van der Waals surface area contributed by atoms with Gasteiger partial charge in [-0.2, -0.15) is 0 Å². The van der Waals surface area contributed by atoms with Gasteiger partial charge in [-0.25, -0.2) is 4.79 Å². The second kappa shape index (κ2) is 4.17. The van der Waals surface area contributed by atoms with E-state index in [0.29, 0.717) is 12.4 Å². The van der Waals surface area contributed by atoms with E-state index >= 15 is 0 Å². The first-order valence-electron chi connectivity index (χ1n) is 5.38. The first-order valence-corrected chi connectivity index (χ1v) is 5.38. The summed E-state index contributed by atoms with van der Waals surface area (Å²) in [6.45, 7) is 0.402. The van der Waals surface area contributed by atoms with Gasteiger partial charge in [-0.3, -0.25) is 0 Å². The maximum Gasteiger partial charge on any atom is 0.371 e. The molecule has 0 unspecified atom stereocenters. The van der Waals surface area contributed by atoms with Crippen LogP contribution >= 0.6 is 0 Å². The molecular formula is C11H15NO4. The van der Waals surface area contributed by atoms with Crippen LogP contribution in [-0.2, 0) is 0 Å². The summed E-state index contributed by atoms with van der Waals surface area (Å²) in [5.74, 6) is -0.800. The Kier molecular flexibility index (Phi) is 2.87. The zero-order chi connectivity index (χ0) is 11.6. The van der Waals surface area contributed by atoms with Crippen LogP contribution in [0, 0.1) is 0 Å². The van der Waals surface area contributed by atoms with Crippen molar-refractivity contribution in [3.8, 4) is 0 Å². The predicted molar refractivity (Wildman–Crippen MR) is 57.6 cm³/mol. The standard InChI is InChI=1S/C11H15NO4/c13-10(14)8-3-4-9(16-8)12-7-11(15)5-1-2-6-11/h3-4,12,15H,1-2,5-7H2,(H,13,14). The Morgan fingerprint density at radius 3 is 2.69 bits per heavy atom. The fraction of sp³-hybridized carbons (Fsp3) is 0.545. The largest absolute Gasteiger partial charge is 0.475 e. The topological polar surface area (TPSA) is 82.7 Å². The number of hydrogen-bond donors (Lipinski definition) is 3. The highest BCUT2D eigenvalue weighted by Crippen LogP contribution is 2.29. The third-order valence-electron chi connectivity index (χ3n) is 2.94. The molecule has 0 spiro atoms. The molecule has 0 amide bonds. The summed E-state index contributed by atoms with van der Waals surface area (Å²) in [7, 11) is 0. The molecule has 0 aliphatic heterocycles. The van der Waals surface area contributed by atoms with Crippen LogP contribution in [0.15, 0.2) is 16.5 Å². The van der Waals surface area contributed by atoms with Gasteiger partial charge >= 0.3 is 5.97 Å². The van der Waals surface area contributed by atoms with Crippen molar-refractivity contribution >= 4 is 11.9 Å². The highest BCUT2D eigenvalue weighted by Gasteiger charge is 2.30. The van der Waals surface area contributed by atoms with Crippen molar-refractivity contribution < 1.29 is 19.4 Å². The van der Waals surface area contributed by atoms with Crippen LogP contribution in [0.5, 0.6) is 0 Å². The summed E-state index contributed by atoms with van der Waals surface area (Å²) < 4.78 is 5.03. The van der Waals surface area contributed by atoms with Crippen LogP contribution < -0.4 is 5.32 Å². The van der Waals surface area contributed by atoms with Gasteiger partial charge in [0.1, 0.15) is 0 Å². The lowest BCUT2D eigenvalue weighted by Gasteiger charge is -2.21. The Hall–Kier alpha value is -1.49. The predicted octanol–water partition coefficient (Wildman–Crippen LogP) is 1.69. The number of anilines is 1. The lowest BCUT2D eigenvalue weighted by atomic mass is 10.0. The van der Waals surface area contributed by atoms with E-state index in [4.69, 9.17) is 9.52 Å². The summed E-state index contributed by atoms with van der Waals surface area (Å²) in [6.07, 6.45) is 3.65. The molecule has 1 saturated carbocycles. The van der Waals surface area contributed by atoms with Crippen LogP contribution in [-0.4, -0.2) is 28.3 Å². The minimum atomic E-state index is -1.09. The van der Waals surface area contributed by atoms with Crippen molar-refractivity contribution in [3.05, 3.63) is 17.9 Å². The molecule has 16 heavy (non-hydrogen) atoms. The number of aromatic carboxylic acids is 1. The Morgan fingerprint density at radius 2 is 2.12 bits per heavy atom. The number of nitrogens with one attached hydrogen (secondary N) is 1. The highest BCUT2D eigenvalue weighted by molar-refractivity contribution is 5.84. The van der Waals surface area contributed by atoms with Crippen molar-refractivity contribution in [2.75, 3.05) is 11.9 Å². The molecule has 5 heteroatoms. The molecule has 0 saturated heterocycles. The molecule has 5 nitrogen and oxygen atoms in total. The Balaban J connectivity index is 1.91. The fourth-order valence-electron chi connectivity index (χ4n) is 2.01. The lowest BCUT2D eigenvalue weighted by molar-refractivity contribution is 0.0609. The maximum atomic E-state index is 10.6. The molecular weight excluding hydrogens is 210 g/mol. The van der Waals surface area contributed by atoms with Gasteiger partial charge in [0.15, 0.2) is 5.88 Å². The number of rotatable bonds is 4. The molecule has 2 rings (SSSR count). The van der Waals surface area contributed by atoms with Crippen LogP contribution in [0.2, 0.25) is 0 Å². The van der Waals surface area contributed by atoms with Crippen molar-refractivity contribution in [3.63, 3.8) is 0 Å². The van der Waals surface area contributed by atoms with Gasteiger partial charge in [-0.05, 0) is 18.9 Å². The quantitative estimate of drug-likeness (QED) is 0.726. The van der Waals surface area contributed by atoms with Gasteiger partial charge in [-0.15, -0.1) is 0 Å². The number of hydrogen-bond acceptors (Lipinski definition) is 4. The molecule has 0 atom stereocenters. The number of carbonyl (C=O) groups is 1. The van der Waals surface area contributed by atoms with Crippen molar-refractivity contribution in [1.82, 2.24) is 0 Å². The number of aliphatic hydroxyl groups is 1. The highest BCUT2D eigenvalue weighted by atomic mass is 16.4. The molecule has 1 aliphatic rings. The van der Waals surface area contributed by atoms with Crippen LogP contribution in [0.3, 0.4) is 0 Å². The van der Waals surface area contributed by atoms with Crippen LogP contribution in [0.1, 0.15) is 36.2 Å². The van der Waals surface area contributed by atoms with E-state index < -0.39 is 11.6 Å². The average molecular weight is 225 g/mol. The molecule has 1 fully saturated rings. The summed E-state index contributed by atoms with van der Waals surface area (Å²) in [5, 5.41) is 21.6. The number of carboxylic acids is 1. The van der Waals surface area contributed by atoms with Crippen molar-refractivity contribution in [1.29, 1.82) is 0 Å². The normalized spacial score (nSPS) is 18.6. The first kappa shape index (κ1) is 11.0. The SMILES string of the molecule is O=C(O)c1ccc(NCC2(O)CCCC2)o1. The minimum absolute atomic E-state index is 0.0964. The molecule has 1 heterocycles.